The van der Waals surface area contributed by atoms with Crippen molar-refractivity contribution in [2.45, 2.75) is 6.92 Å². The maximum absolute atomic E-state index is 13.1. The van der Waals surface area contributed by atoms with E-state index in [4.69, 9.17) is 32.7 Å². The number of benzene rings is 3. The van der Waals surface area contributed by atoms with Crippen LogP contribution in [0, 0.1) is 0 Å². The Hall–Kier alpha value is -3.81. The molecule has 1 N–H and O–H groups in total. The first kappa shape index (κ1) is 23.4. The van der Waals surface area contributed by atoms with Crippen molar-refractivity contribution in [3.63, 3.8) is 0 Å². The molecule has 0 bridgehead atoms. The van der Waals surface area contributed by atoms with Gasteiger partial charge in [-0.1, -0.05) is 47.5 Å². The number of carbonyl (C=O) groups excluding carboxylic acids is 3. The summed E-state index contributed by atoms with van der Waals surface area (Å²) < 4.78 is 10.8. The fourth-order valence-electron chi connectivity index (χ4n) is 3.27. The van der Waals surface area contributed by atoms with Crippen molar-refractivity contribution < 1.29 is 23.9 Å². The number of hydrogen-bond donors (Lipinski definition) is 1. The fourth-order valence-corrected chi connectivity index (χ4v) is 3.66. The smallest absolute Gasteiger partial charge is 0.343 e. The zero-order valence-electron chi connectivity index (χ0n) is 17.9. The number of esters is 1. The van der Waals surface area contributed by atoms with Gasteiger partial charge < -0.3 is 14.8 Å². The lowest BCUT2D eigenvalue weighted by Gasteiger charge is -2.18. The van der Waals surface area contributed by atoms with E-state index < -0.39 is 17.8 Å². The summed E-state index contributed by atoms with van der Waals surface area (Å²) in [4.78, 5) is 39.2. The Morgan fingerprint density at radius 1 is 0.882 bits per heavy atom. The molecule has 0 spiro atoms. The molecule has 0 fully saturated rings. The highest BCUT2D eigenvalue weighted by molar-refractivity contribution is 6.53. The molecule has 2 amide bonds. The van der Waals surface area contributed by atoms with Gasteiger partial charge in [0.15, 0.2) is 0 Å². The van der Waals surface area contributed by atoms with Crippen molar-refractivity contribution in [2.24, 2.45) is 0 Å². The van der Waals surface area contributed by atoms with E-state index >= 15 is 0 Å². The lowest BCUT2D eigenvalue weighted by molar-refractivity contribution is -0.120. The van der Waals surface area contributed by atoms with Gasteiger partial charge in [-0.2, -0.15) is 0 Å². The second-order valence-electron chi connectivity index (χ2n) is 7.06. The third-order valence-electron chi connectivity index (χ3n) is 4.86. The number of imide groups is 1. The number of para-hydroxylation sites is 3. The highest BCUT2D eigenvalue weighted by Gasteiger charge is 2.40. The van der Waals surface area contributed by atoms with Gasteiger partial charge in [0.2, 0.25) is 0 Å². The number of ether oxygens (including phenoxy) is 2. The SMILES string of the molecule is CCOc1ccccc1N1C(=O)C(Cl)=C(Nc2ccc(C(=O)Oc3ccccc3Cl)cc2)C1=O. The Morgan fingerprint density at radius 3 is 2.21 bits per heavy atom. The number of halogens is 2. The predicted octanol–water partition coefficient (Wildman–Crippen LogP) is 5.39. The third kappa shape index (κ3) is 4.62. The fraction of sp³-hybridized carbons (Fsp3) is 0.0800. The highest BCUT2D eigenvalue weighted by Crippen LogP contribution is 2.35. The Labute approximate surface area is 205 Å². The second-order valence-corrected chi connectivity index (χ2v) is 7.84. The summed E-state index contributed by atoms with van der Waals surface area (Å²) in [5, 5.41) is 2.93. The molecule has 0 saturated heterocycles. The van der Waals surface area contributed by atoms with Crippen molar-refractivity contribution in [1.29, 1.82) is 0 Å². The monoisotopic (exact) mass is 496 g/mol. The van der Waals surface area contributed by atoms with Gasteiger partial charge in [-0.3, -0.25) is 9.59 Å². The maximum atomic E-state index is 13.1. The number of nitrogens with one attached hydrogen (secondary N) is 1. The van der Waals surface area contributed by atoms with Gasteiger partial charge in [-0.15, -0.1) is 0 Å². The standard InChI is InChI=1S/C25H18Cl2N2O5/c1-2-33-20-10-6-4-8-18(20)29-23(30)21(27)22(24(29)31)28-16-13-11-15(12-14-16)25(32)34-19-9-5-3-7-17(19)26/h3-14,28H,2H2,1H3. The van der Waals surface area contributed by atoms with E-state index in [1.807, 2.05) is 0 Å². The van der Waals surface area contributed by atoms with E-state index in [9.17, 15) is 14.4 Å². The number of hydrogen-bond acceptors (Lipinski definition) is 6. The molecule has 0 unspecified atom stereocenters. The maximum Gasteiger partial charge on any atom is 0.343 e. The molecule has 9 heteroatoms. The minimum Gasteiger partial charge on any atom is -0.492 e. The summed E-state index contributed by atoms with van der Waals surface area (Å²) in [6, 6.07) is 19.5. The molecular formula is C25H18Cl2N2O5. The van der Waals surface area contributed by atoms with E-state index in [0.29, 0.717) is 28.8 Å². The van der Waals surface area contributed by atoms with Gasteiger partial charge in [0.05, 0.1) is 22.9 Å². The first-order valence-electron chi connectivity index (χ1n) is 10.2. The Morgan fingerprint density at radius 2 is 1.53 bits per heavy atom. The summed E-state index contributed by atoms with van der Waals surface area (Å²) in [7, 11) is 0. The molecule has 0 aliphatic carbocycles. The van der Waals surface area contributed by atoms with Gasteiger partial charge in [-0.05, 0) is 55.5 Å². The minimum absolute atomic E-state index is 0.0793. The van der Waals surface area contributed by atoms with Crippen molar-refractivity contribution in [3.8, 4) is 11.5 Å². The van der Waals surface area contributed by atoms with E-state index in [1.165, 1.54) is 12.1 Å². The summed E-state index contributed by atoms with van der Waals surface area (Å²) in [6.45, 7) is 2.17. The summed E-state index contributed by atoms with van der Waals surface area (Å²) in [6.07, 6.45) is 0. The number of anilines is 2. The molecule has 0 atom stereocenters. The molecule has 3 aromatic carbocycles. The van der Waals surface area contributed by atoms with Crippen LogP contribution < -0.4 is 19.7 Å². The lowest BCUT2D eigenvalue weighted by atomic mass is 10.2. The molecule has 34 heavy (non-hydrogen) atoms. The van der Waals surface area contributed by atoms with Gasteiger partial charge >= 0.3 is 5.97 Å². The zero-order valence-corrected chi connectivity index (χ0v) is 19.4. The van der Waals surface area contributed by atoms with Crippen LogP contribution in [0.4, 0.5) is 11.4 Å². The number of amides is 2. The third-order valence-corrected chi connectivity index (χ3v) is 5.53. The first-order valence-corrected chi connectivity index (χ1v) is 11.0. The Kier molecular flexibility index (Phi) is 6.86. The lowest BCUT2D eigenvalue weighted by Crippen LogP contribution is -2.32. The Balaban J connectivity index is 1.51. The molecular weight excluding hydrogens is 479 g/mol. The number of rotatable bonds is 7. The Bertz CT molecular complexity index is 1300. The van der Waals surface area contributed by atoms with Crippen LogP contribution in [0.5, 0.6) is 11.5 Å². The average molecular weight is 497 g/mol. The van der Waals surface area contributed by atoms with Crippen molar-refractivity contribution >= 4 is 52.4 Å². The molecule has 3 aromatic rings. The second kappa shape index (κ2) is 9.99. The van der Waals surface area contributed by atoms with E-state index in [1.54, 1.807) is 67.6 Å². The molecule has 1 heterocycles. The van der Waals surface area contributed by atoms with Gasteiger partial charge in [0.25, 0.3) is 11.8 Å². The van der Waals surface area contributed by atoms with E-state index in [-0.39, 0.29) is 22.0 Å². The molecule has 0 aromatic heterocycles. The minimum atomic E-state index is -0.666. The van der Waals surface area contributed by atoms with Gasteiger partial charge in [-0.25, -0.2) is 9.69 Å². The topological polar surface area (TPSA) is 84.9 Å². The van der Waals surface area contributed by atoms with Crippen molar-refractivity contribution in [1.82, 2.24) is 0 Å². The molecule has 7 nitrogen and oxygen atoms in total. The average Bonchev–Trinajstić information content (AvgIpc) is 3.04. The quantitative estimate of drug-likeness (QED) is 0.268. The van der Waals surface area contributed by atoms with E-state index in [0.717, 1.165) is 4.90 Å². The highest BCUT2D eigenvalue weighted by atomic mass is 35.5. The normalized spacial score (nSPS) is 13.3. The van der Waals surface area contributed by atoms with Gasteiger partial charge in [0.1, 0.15) is 22.2 Å². The summed E-state index contributed by atoms with van der Waals surface area (Å²) >= 11 is 12.2. The molecule has 4 rings (SSSR count). The van der Waals surface area contributed by atoms with Crippen LogP contribution >= 0.6 is 23.2 Å². The molecule has 0 saturated carbocycles. The van der Waals surface area contributed by atoms with Crippen molar-refractivity contribution in [3.05, 3.63) is 94.1 Å². The van der Waals surface area contributed by atoms with Crippen LogP contribution in [0.2, 0.25) is 5.02 Å². The number of nitrogens with zero attached hydrogens (tertiary/aromatic N) is 1. The van der Waals surface area contributed by atoms with Crippen LogP contribution in [0.25, 0.3) is 0 Å². The van der Waals surface area contributed by atoms with Crippen LogP contribution in [0.1, 0.15) is 17.3 Å². The largest absolute Gasteiger partial charge is 0.492 e. The number of carbonyl (C=O) groups is 3. The molecule has 0 radical (unpaired) electrons. The van der Waals surface area contributed by atoms with Crippen LogP contribution in [0.3, 0.4) is 0 Å². The zero-order chi connectivity index (χ0) is 24.2. The predicted molar refractivity (Wildman–Crippen MR) is 129 cm³/mol. The molecule has 172 valence electrons. The van der Waals surface area contributed by atoms with Crippen molar-refractivity contribution in [2.75, 3.05) is 16.8 Å². The van der Waals surface area contributed by atoms with E-state index in [2.05, 4.69) is 5.32 Å². The summed E-state index contributed by atoms with van der Waals surface area (Å²) in [5.74, 6) is -1.25. The summed E-state index contributed by atoms with van der Waals surface area (Å²) in [5.41, 5.74) is 0.937. The first-order chi connectivity index (χ1) is 16.4. The van der Waals surface area contributed by atoms with Crippen LogP contribution in [-0.2, 0) is 9.59 Å². The van der Waals surface area contributed by atoms with Crippen LogP contribution in [-0.4, -0.2) is 24.4 Å². The molecule has 1 aliphatic heterocycles. The van der Waals surface area contributed by atoms with Gasteiger partial charge in [0, 0.05) is 5.69 Å². The van der Waals surface area contributed by atoms with Crippen LogP contribution in [0.15, 0.2) is 83.5 Å². The molecule has 1 aliphatic rings.